The largest absolute Gasteiger partial charge is 0.276 e. The molecule has 0 bridgehead atoms. The van der Waals surface area contributed by atoms with Crippen LogP contribution in [0.15, 0.2) is 28.2 Å². The number of hydrazone groups is 1. The summed E-state index contributed by atoms with van der Waals surface area (Å²) in [7, 11) is -3.61. The van der Waals surface area contributed by atoms with Gasteiger partial charge in [-0.25, -0.2) is 4.83 Å². The number of benzene rings is 1. The number of aryl methyl sites for hydroxylation is 2. The van der Waals surface area contributed by atoms with Crippen LogP contribution in [0.2, 0.25) is 0 Å². The van der Waals surface area contributed by atoms with E-state index in [0.29, 0.717) is 10.8 Å². The minimum atomic E-state index is -3.61. The average Bonchev–Trinajstić information content (AvgIpc) is 2.37. The maximum Gasteiger partial charge on any atom is 0.276 e. The van der Waals surface area contributed by atoms with E-state index in [1.807, 2.05) is 19.1 Å². The van der Waals surface area contributed by atoms with E-state index >= 15 is 0 Å². The molecule has 1 unspecified atom stereocenters. The van der Waals surface area contributed by atoms with Crippen LogP contribution in [0.25, 0.3) is 0 Å². The second-order valence-electron chi connectivity index (χ2n) is 7.40. The van der Waals surface area contributed by atoms with Gasteiger partial charge in [-0.15, -0.1) is 0 Å². The zero-order valence-electron chi connectivity index (χ0n) is 14.1. The standard InChI is InChI=1S/C17H26N2O2S/c1-12-6-7-14(3)16(9-12)22(20,21)19-18-15-8-13(2)10-17(4,5)11-15/h6-7,9,13,19H,8,10-11H2,1-5H3. The monoisotopic (exact) mass is 322 g/mol. The zero-order valence-corrected chi connectivity index (χ0v) is 14.9. The van der Waals surface area contributed by atoms with Crippen LogP contribution in [0.4, 0.5) is 0 Å². The van der Waals surface area contributed by atoms with Crippen LogP contribution in [0.1, 0.15) is 51.2 Å². The summed E-state index contributed by atoms with van der Waals surface area (Å²) in [6.07, 6.45) is 2.85. The first-order valence-corrected chi connectivity index (χ1v) is 9.22. The van der Waals surface area contributed by atoms with E-state index in [9.17, 15) is 8.42 Å². The second kappa shape index (κ2) is 6.03. The predicted molar refractivity (Wildman–Crippen MR) is 90.5 cm³/mol. The highest BCUT2D eigenvalue weighted by atomic mass is 32.2. The minimum Gasteiger partial charge on any atom is -0.200 e. The van der Waals surface area contributed by atoms with E-state index in [0.717, 1.165) is 36.1 Å². The Kier molecular flexibility index (Phi) is 4.66. The van der Waals surface area contributed by atoms with E-state index in [1.54, 1.807) is 13.0 Å². The summed E-state index contributed by atoms with van der Waals surface area (Å²) in [6.45, 7) is 10.3. The van der Waals surface area contributed by atoms with Gasteiger partial charge in [-0.05, 0) is 61.6 Å². The van der Waals surface area contributed by atoms with Crippen LogP contribution in [-0.4, -0.2) is 14.1 Å². The van der Waals surface area contributed by atoms with Crippen molar-refractivity contribution in [2.24, 2.45) is 16.4 Å². The summed E-state index contributed by atoms with van der Waals surface area (Å²) >= 11 is 0. The molecule has 1 saturated carbocycles. The second-order valence-corrected chi connectivity index (χ2v) is 9.03. The number of hydrogen-bond acceptors (Lipinski definition) is 3. The summed E-state index contributed by atoms with van der Waals surface area (Å²) in [4.78, 5) is 2.74. The van der Waals surface area contributed by atoms with Gasteiger partial charge in [0, 0.05) is 5.71 Å². The maximum absolute atomic E-state index is 12.5. The Morgan fingerprint density at radius 2 is 1.95 bits per heavy atom. The van der Waals surface area contributed by atoms with Gasteiger partial charge in [-0.3, -0.25) is 0 Å². The van der Waals surface area contributed by atoms with E-state index in [1.165, 1.54) is 0 Å². The molecule has 0 amide bonds. The van der Waals surface area contributed by atoms with E-state index in [-0.39, 0.29) is 5.41 Å². The maximum atomic E-state index is 12.5. The third-order valence-corrected chi connectivity index (χ3v) is 5.48. The highest BCUT2D eigenvalue weighted by Crippen LogP contribution is 2.36. The Morgan fingerprint density at radius 3 is 2.59 bits per heavy atom. The lowest BCUT2D eigenvalue weighted by Gasteiger charge is -2.34. The highest BCUT2D eigenvalue weighted by molar-refractivity contribution is 7.89. The van der Waals surface area contributed by atoms with Crippen molar-refractivity contribution in [2.45, 2.75) is 58.8 Å². The van der Waals surface area contributed by atoms with Crippen molar-refractivity contribution in [1.82, 2.24) is 4.83 Å². The van der Waals surface area contributed by atoms with Crippen LogP contribution in [0.3, 0.4) is 0 Å². The fourth-order valence-electron chi connectivity index (χ4n) is 3.37. The fourth-order valence-corrected chi connectivity index (χ4v) is 4.55. The van der Waals surface area contributed by atoms with Gasteiger partial charge in [0.05, 0.1) is 4.90 Å². The lowest BCUT2D eigenvalue weighted by atomic mass is 9.72. The van der Waals surface area contributed by atoms with Gasteiger partial charge in [0.25, 0.3) is 10.0 Å². The SMILES string of the molecule is Cc1ccc(C)c(S(=O)(=O)NN=C2CC(C)CC(C)(C)C2)c1. The van der Waals surface area contributed by atoms with Crippen LogP contribution in [-0.2, 0) is 10.0 Å². The lowest BCUT2D eigenvalue weighted by molar-refractivity contribution is 0.265. The minimum absolute atomic E-state index is 0.182. The van der Waals surface area contributed by atoms with E-state index < -0.39 is 10.0 Å². The molecular weight excluding hydrogens is 296 g/mol. The molecule has 0 heterocycles. The van der Waals surface area contributed by atoms with Crippen molar-refractivity contribution in [1.29, 1.82) is 0 Å². The Bertz CT molecular complexity index is 691. The van der Waals surface area contributed by atoms with Crippen molar-refractivity contribution < 1.29 is 8.42 Å². The van der Waals surface area contributed by atoms with Crippen molar-refractivity contribution >= 4 is 15.7 Å². The molecule has 1 aliphatic rings. The van der Waals surface area contributed by atoms with Crippen LogP contribution < -0.4 is 4.83 Å². The molecule has 122 valence electrons. The first kappa shape index (κ1) is 17.0. The quantitative estimate of drug-likeness (QED) is 0.861. The number of nitrogens with zero attached hydrogens (tertiary/aromatic N) is 1. The number of hydrogen-bond donors (Lipinski definition) is 1. The normalized spacial score (nSPS) is 23.5. The van der Waals surface area contributed by atoms with Gasteiger partial charge in [0.15, 0.2) is 0 Å². The van der Waals surface area contributed by atoms with Gasteiger partial charge < -0.3 is 0 Å². The number of nitrogens with one attached hydrogen (secondary N) is 1. The van der Waals surface area contributed by atoms with E-state index in [4.69, 9.17) is 0 Å². The van der Waals surface area contributed by atoms with Crippen LogP contribution in [0.5, 0.6) is 0 Å². The first-order chi connectivity index (χ1) is 10.1. The molecule has 2 rings (SSSR count). The van der Waals surface area contributed by atoms with Crippen LogP contribution in [0, 0.1) is 25.2 Å². The van der Waals surface area contributed by atoms with Crippen LogP contribution >= 0.6 is 0 Å². The van der Waals surface area contributed by atoms with Crippen molar-refractivity contribution in [3.8, 4) is 0 Å². The molecule has 1 N–H and O–H groups in total. The molecule has 22 heavy (non-hydrogen) atoms. The highest BCUT2D eigenvalue weighted by Gasteiger charge is 2.30. The summed E-state index contributed by atoms with van der Waals surface area (Å²) in [6, 6.07) is 5.42. The smallest absolute Gasteiger partial charge is 0.200 e. The molecule has 0 aliphatic heterocycles. The summed E-state index contributed by atoms with van der Waals surface area (Å²) < 4.78 is 24.9. The molecular formula is C17H26N2O2S. The molecule has 0 spiro atoms. The average molecular weight is 322 g/mol. The summed E-state index contributed by atoms with van der Waals surface area (Å²) in [5.74, 6) is 0.535. The lowest BCUT2D eigenvalue weighted by Crippen LogP contribution is -2.30. The van der Waals surface area contributed by atoms with Gasteiger partial charge >= 0.3 is 0 Å². The first-order valence-electron chi connectivity index (χ1n) is 7.73. The Balaban J connectivity index is 2.22. The summed E-state index contributed by atoms with van der Waals surface area (Å²) in [5.41, 5.74) is 2.78. The van der Waals surface area contributed by atoms with E-state index in [2.05, 4.69) is 30.7 Å². The fraction of sp³-hybridized carbons (Fsp3) is 0.588. The Morgan fingerprint density at radius 1 is 1.27 bits per heavy atom. The molecule has 1 aromatic carbocycles. The Hall–Kier alpha value is -1.36. The third kappa shape index (κ3) is 4.09. The van der Waals surface area contributed by atoms with Gasteiger partial charge in [0.1, 0.15) is 0 Å². The number of sulfonamides is 1. The predicted octanol–water partition coefficient (Wildman–Crippen LogP) is 3.78. The zero-order chi connectivity index (χ0) is 16.5. The van der Waals surface area contributed by atoms with Gasteiger partial charge in [0.2, 0.25) is 0 Å². The Labute approximate surface area is 134 Å². The molecule has 1 atom stereocenters. The van der Waals surface area contributed by atoms with Gasteiger partial charge in [-0.1, -0.05) is 32.9 Å². The molecule has 1 aromatic rings. The molecule has 4 nitrogen and oxygen atoms in total. The van der Waals surface area contributed by atoms with Crippen molar-refractivity contribution in [3.63, 3.8) is 0 Å². The molecule has 0 radical (unpaired) electrons. The molecule has 0 saturated heterocycles. The number of rotatable bonds is 3. The molecule has 0 aromatic heterocycles. The summed E-state index contributed by atoms with van der Waals surface area (Å²) in [5, 5.41) is 4.23. The molecule has 1 fully saturated rings. The molecule has 1 aliphatic carbocycles. The third-order valence-electron chi connectivity index (χ3n) is 4.12. The topological polar surface area (TPSA) is 58.5 Å². The van der Waals surface area contributed by atoms with Gasteiger partial charge in [-0.2, -0.15) is 13.5 Å². The van der Waals surface area contributed by atoms with Crippen molar-refractivity contribution in [2.75, 3.05) is 0 Å². The van der Waals surface area contributed by atoms with Crippen molar-refractivity contribution in [3.05, 3.63) is 29.3 Å². The molecule has 5 heteroatoms.